The van der Waals surface area contributed by atoms with Crippen molar-refractivity contribution in [3.05, 3.63) is 63.7 Å². The molecule has 3 aromatic rings. The van der Waals surface area contributed by atoms with E-state index >= 15 is 0 Å². The maximum Gasteiger partial charge on any atom is 0.442 e. The monoisotopic (exact) mass is 438 g/mol. The van der Waals surface area contributed by atoms with Gasteiger partial charge in [0.05, 0.1) is 30.5 Å². The molecule has 0 saturated carbocycles. The second-order valence-electron chi connectivity index (χ2n) is 6.52. The molecule has 0 atom stereocenters. The van der Waals surface area contributed by atoms with Crippen LogP contribution in [-0.2, 0) is 24.1 Å². The van der Waals surface area contributed by atoms with Crippen molar-refractivity contribution in [1.29, 1.82) is 0 Å². The van der Waals surface area contributed by atoms with Crippen LogP contribution in [0.4, 0.5) is 24.5 Å². The first-order valence-corrected chi connectivity index (χ1v) is 8.82. The molecular weight excluding hydrogens is 421 g/mol. The largest absolute Gasteiger partial charge is 0.497 e. The maximum atomic E-state index is 13.0. The number of nitrogens with zero attached hydrogens (tertiary/aromatic N) is 5. The van der Waals surface area contributed by atoms with Gasteiger partial charge in [0.2, 0.25) is 11.6 Å². The van der Waals surface area contributed by atoms with Gasteiger partial charge in [0, 0.05) is 6.20 Å². The molecule has 0 radical (unpaired) electrons. The number of carbonyl (C=O) groups is 1. The van der Waals surface area contributed by atoms with Crippen molar-refractivity contribution in [3.8, 4) is 5.75 Å². The second-order valence-corrected chi connectivity index (χ2v) is 6.52. The smallest absolute Gasteiger partial charge is 0.442 e. The minimum absolute atomic E-state index is 0.309. The van der Waals surface area contributed by atoms with E-state index in [4.69, 9.17) is 4.74 Å². The number of hydrogen-bond acceptors (Lipinski definition) is 6. The number of anilines is 1. The summed E-state index contributed by atoms with van der Waals surface area (Å²) in [6.45, 7) is 0.857. The molecule has 2 aromatic heterocycles. The molecule has 3 rings (SSSR count). The van der Waals surface area contributed by atoms with Gasteiger partial charge in [0.25, 0.3) is 0 Å². The molecule has 13 heteroatoms. The Morgan fingerprint density at radius 2 is 2.10 bits per heavy atom. The Kier molecular flexibility index (Phi) is 5.95. The summed E-state index contributed by atoms with van der Waals surface area (Å²) < 4.78 is 46.4. The molecular formula is C18H17F3N6O4. The highest BCUT2D eigenvalue weighted by molar-refractivity contribution is 5.90. The molecule has 1 aromatic carbocycles. The molecule has 31 heavy (non-hydrogen) atoms. The zero-order valence-corrected chi connectivity index (χ0v) is 16.4. The predicted octanol–water partition coefficient (Wildman–Crippen LogP) is 3.01. The van der Waals surface area contributed by atoms with E-state index < -0.39 is 34.9 Å². The number of carbonyl (C=O) groups excluding carboxylic acids is 1. The molecule has 0 bridgehead atoms. The summed E-state index contributed by atoms with van der Waals surface area (Å²) in [6, 6.07) is 7.31. The Hall–Kier alpha value is -3.90. The summed E-state index contributed by atoms with van der Waals surface area (Å²) in [5.74, 6) is -0.0322. The van der Waals surface area contributed by atoms with Gasteiger partial charge in [-0.15, -0.1) is 0 Å². The Bertz CT molecular complexity index is 1120. The molecule has 0 fully saturated rings. The van der Waals surface area contributed by atoms with Crippen molar-refractivity contribution in [2.45, 2.75) is 26.2 Å². The van der Waals surface area contributed by atoms with Crippen LogP contribution in [0.15, 0.2) is 36.7 Å². The van der Waals surface area contributed by atoms with Gasteiger partial charge < -0.3 is 10.1 Å². The predicted molar refractivity (Wildman–Crippen MR) is 102 cm³/mol. The fraction of sp³-hybridized carbons (Fsp3) is 0.278. The quantitative estimate of drug-likeness (QED) is 0.448. The van der Waals surface area contributed by atoms with Crippen LogP contribution in [-0.4, -0.2) is 37.5 Å². The van der Waals surface area contributed by atoms with Crippen LogP contribution < -0.4 is 10.1 Å². The van der Waals surface area contributed by atoms with Gasteiger partial charge in [0.1, 0.15) is 18.0 Å². The highest BCUT2D eigenvalue weighted by Gasteiger charge is 2.44. The van der Waals surface area contributed by atoms with Gasteiger partial charge in [-0.2, -0.15) is 23.4 Å². The van der Waals surface area contributed by atoms with E-state index in [1.807, 2.05) is 18.2 Å². The van der Waals surface area contributed by atoms with Crippen molar-refractivity contribution in [2.75, 3.05) is 12.4 Å². The molecule has 10 nitrogen and oxygen atoms in total. The van der Waals surface area contributed by atoms with Gasteiger partial charge >= 0.3 is 11.9 Å². The minimum atomic E-state index is -5.02. The van der Waals surface area contributed by atoms with E-state index in [-0.39, 0.29) is 5.69 Å². The van der Waals surface area contributed by atoms with Crippen molar-refractivity contribution in [1.82, 2.24) is 19.6 Å². The van der Waals surface area contributed by atoms with Crippen LogP contribution in [0, 0.1) is 17.0 Å². The molecule has 0 aliphatic heterocycles. The molecule has 0 aliphatic rings. The summed E-state index contributed by atoms with van der Waals surface area (Å²) in [5.41, 5.74) is -1.98. The SMILES string of the molecule is COc1cccc(Cn2cc(NC(=O)Cn3nc(C(F)(F)F)c([N+](=O)[O-])c3C)cn2)c1. The Balaban J connectivity index is 1.70. The summed E-state index contributed by atoms with van der Waals surface area (Å²) in [6.07, 6.45) is -2.11. The number of ether oxygens (including phenoxy) is 1. The number of rotatable bonds is 7. The normalized spacial score (nSPS) is 11.4. The molecule has 164 valence electrons. The first kappa shape index (κ1) is 21.8. The van der Waals surface area contributed by atoms with Crippen molar-refractivity contribution >= 4 is 17.3 Å². The van der Waals surface area contributed by atoms with Crippen LogP contribution in [0.2, 0.25) is 0 Å². The van der Waals surface area contributed by atoms with Crippen LogP contribution in [0.1, 0.15) is 17.0 Å². The number of hydrogen-bond donors (Lipinski definition) is 1. The topological polar surface area (TPSA) is 117 Å². The fourth-order valence-electron chi connectivity index (χ4n) is 2.91. The second kappa shape index (κ2) is 8.45. The summed E-state index contributed by atoms with van der Waals surface area (Å²) in [5, 5.41) is 20.8. The highest BCUT2D eigenvalue weighted by Crippen LogP contribution is 2.36. The third kappa shape index (κ3) is 4.99. The average Bonchev–Trinajstić information content (AvgIpc) is 3.26. The fourth-order valence-corrected chi connectivity index (χ4v) is 2.91. The molecule has 2 heterocycles. The lowest BCUT2D eigenvalue weighted by Crippen LogP contribution is -2.20. The Morgan fingerprint density at radius 1 is 1.35 bits per heavy atom. The molecule has 0 unspecified atom stereocenters. The Morgan fingerprint density at radius 3 is 2.71 bits per heavy atom. The molecule has 1 amide bonds. The number of benzene rings is 1. The van der Waals surface area contributed by atoms with Gasteiger partial charge in [-0.25, -0.2) is 0 Å². The van der Waals surface area contributed by atoms with Crippen molar-refractivity contribution in [2.24, 2.45) is 0 Å². The van der Waals surface area contributed by atoms with Crippen LogP contribution >= 0.6 is 0 Å². The standard InChI is InChI=1S/C18H17F3N6O4/c1-11-16(27(29)30)17(18(19,20)21)24-26(11)10-15(28)23-13-7-22-25(9-13)8-12-4-3-5-14(6-12)31-2/h3-7,9H,8,10H2,1-2H3,(H,23,28). The van der Waals surface area contributed by atoms with E-state index in [9.17, 15) is 28.1 Å². The number of amides is 1. The van der Waals surface area contributed by atoms with E-state index in [2.05, 4.69) is 15.5 Å². The number of alkyl halides is 3. The number of nitro groups is 1. The zero-order valence-electron chi connectivity index (χ0n) is 16.4. The highest BCUT2D eigenvalue weighted by atomic mass is 19.4. The minimum Gasteiger partial charge on any atom is -0.497 e. The van der Waals surface area contributed by atoms with E-state index in [1.165, 1.54) is 12.4 Å². The average molecular weight is 438 g/mol. The molecule has 0 aliphatic carbocycles. The third-order valence-electron chi connectivity index (χ3n) is 4.32. The lowest BCUT2D eigenvalue weighted by Gasteiger charge is -2.05. The maximum absolute atomic E-state index is 13.0. The first-order chi connectivity index (χ1) is 14.6. The van der Waals surface area contributed by atoms with E-state index in [0.717, 1.165) is 12.5 Å². The third-order valence-corrected chi connectivity index (χ3v) is 4.32. The van der Waals surface area contributed by atoms with Gasteiger partial charge in [-0.1, -0.05) is 12.1 Å². The number of nitrogens with one attached hydrogen (secondary N) is 1. The zero-order chi connectivity index (χ0) is 22.8. The molecule has 0 saturated heterocycles. The van der Waals surface area contributed by atoms with Crippen molar-refractivity contribution < 1.29 is 27.6 Å². The summed E-state index contributed by atoms with van der Waals surface area (Å²) >= 11 is 0. The summed E-state index contributed by atoms with van der Waals surface area (Å²) in [7, 11) is 1.55. The molecule has 0 spiro atoms. The number of aromatic nitrogens is 4. The van der Waals surface area contributed by atoms with Crippen LogP contribution in [0.3, 0.4) is 0 Å². The molecule has 1 N–H and O–H groups in total. The first-order valence-electron chi connectivity index (χ1n) is 8.82. The van der Waals surface area contributed by atoms with Gasteiger partial charge in [-0.05, 0) is 24.6 Å². The van der Waals surface area contributed by atoms with Gasteiger partial charge in [-0.3, -0.25) is 24.3 Å². The van der Waals surface area contributed by atoms with Gasteiger partial charge in [0.15, 0.2) is 0 Å². The van der Waals surface area contributed by atoms with Crippen LogP contribution in [0.25, 0.3) is 0 Å². The number of methoxy groups -OCH3 is 1. The lowest BCUT2D eigenvalue weighted by atomic mass is 10.2. The van der Waals surface area contributed by atoms with E-state index in [0.29, 0.717) is 22.7 Å². The lowest BCUT2D eigenvalue weighted by molar-refractivity contribution is -0.388. The van der Waals surface area contributed by atoms with Crippen LogP contribution in [0.5, 0.6) is 5.75 Å². The Labute approximate surface area is 173 Å². The van der Waals surface area contributed by atoms with Crippen molar-refractivity contribution in [3.63, 3.8) is 0 Å². The number of halogens is 3. The summed E-state index contributed by atoms with van der Waals surface area (Å²) in [4.78, 5) is 22.1. The van der Waals surface area contributed by atoms with E-state index in [1.54, 1.807) is 17.9 Å².